The number of fused-ring (bicyclic) bond motifs is 1. The van der Waals surface area contributed by atoms with Gasteiger partial charge in [0.05, 0.1) is 5.25 Å². The summed E-state index contributed by atoms with van der Waals surface area (Å²) in [6.07, 6.45) is 3.52. The molecule has 2 unspecified atom stereocenters. The minimum Gasteiger partial charge on any atom is -0.353 e. The van der Waals surface area contributed by atoms with Gasteiger partial charge in [-0.2, -0.15) is 0 Å². The lowest BCUT2D eigenvalue weighted by molar-refractivity contribution is -0.124. The van der Waals surface area contributed by atoms with Gasteiger partial charge in [-0.25, -0.2) is 12.7 Å². The molecule has 3 fully saturated rings. The van der Waals surface area contributed by atoms with E-state index in [-0.39, 0.29) is 23.1 Å². The molecule has 6 nitrogen and oxygen atoms in total. The Balaban J connectivity index is 1.67. The highest BCUT2D eigenvalue weighted by Crippen LogP contribution is 2.29. The minimum absolute atomic E-state index is 0.112. The maximum Gasteiger partial charge on any atom is 0.220 e. The molecule has 0 radical (unpaired) electrons. The van der Waals surface area contributed by atoms with Gasteiger partial charge in [-0.3, -0.25) is 4.79 Å². The van der Waals surface area contributed by atoms with Crippen molar-refractivity contribution in [3.05, 3.63) is 0 Å². The molecule has 2 atom stereocenters. The van der Waals surface area contributed by atoms with Crippen LogP contribution in [0.1, 0.15) is 32.1 Å². The molecule has 3 heterocycles. The number of hydrogen-bond donors (Lipinski definition) is 2. The predicted molar refractivity (Wildman–Crippen MR) is 75.7 cm³/mol. The molecular formula is C13H23N3O3S. The lowest BCUT2D eigenvalue weighted by Crippen LogP contribution is -2.56. The van der Waals surface area contributed by atoms with Crippen LogP contribution in [0.25, 0.3) is 0 Å². The molecule has 0 aromatic carbocycles. The fraction of sp³-hybridized carbons (Fsp3) is 0.923. The zero-order valence-corrected chi connectivity index (χ0v) is 12.5. The first-order chi connectivity index (χ1) is 9.57. The first-order valence-corrected chi connectivity index (χ1v) is 9.07. The van der Waals surface area contributed by atoms with Crippen molar-refractivity contribution >= 4 is 15.9 Å². The fourth-order valence-corrected chi connectivity index (χ4v) is 5.62. The molecule has 0 bridgehead atoms. The van der Waals surface area contributed by atoms with Crippen molar-refractivity contribution in [2.24, 2.45) is 5.92 Å². The molecule has 2 N–H and O–H groups in total. The molecule has 3 aliphatic heterocycles. The van der Waals surface area contributed by atoms with Crippen LogP contribution in [-0.4, -0.2) is 56.1 Å². The van der Waals surface area contributed by atoms with Crippen LogP contribution in [0.15, 0.2) is 0 Å². The molecule has 0 spiro atoms. The van der Waals surface area contributed by atoms with Crippen LogP contribution in [0.3, 0.4) is 0 Å². The number of sulfonamides is 1. The lowest BCUT2D eigenvalue weighted by Gasteiger charge is -2.42. The van der Waals surface area contributed by atoms with Crippen LogP contribution in [0.4, 0.5) is 0 Å². The Labute approximate surface area is 120 Å². The van der Waals surface area contributed by atoms with Crippen molar-refractivity contribution in [3.8, 4) is 0 Å². The van der Waals surface area contributed by atoms with Crippen LogP contribution in [0.2, 0.25) is 0 Å². The normalized spacial score (nSPS) is 33.5. The largest absolute Gasteiger partial charge is 0.353 e. The summed E-state index contributed by atoms with van der Waals surface area (Å²) in [5.41, 5.74) is 0. The predicted octanol–water partition coefficient (Wildman–Crippen LogP) is -0.331. The van der Waals surface area contributed by atoms with Crippen LogP contribution in [0.5, 0.6) is 0 Å². The van der Waals surface area contributed by atoms with Crippen molar-refractivity contribution < 1.29 is 13.2 Å². The molecule has 0 aromatic heterocycles. The Morgan fingerprint density at radius 1 is 1.10 bits per heavy atom. The number of carbonyl (C=O) groups excluding carboxylic acids is 1. The van der Waals surface area contributed by atoms with E-state index in [1.165, 1.54) is 0 Å². The average molecular weight is 301 g/mol. The molecule has 3 aliphatic rings. The van der Waals surface area contributed by atoms with E-state index in [2.05, 4.69) is 10.6 Å². The summed E-state index contributed by atoms with van der Waals surface area (Å²) in [5, 5.41) is 5.99. The Kier molecular flexibility index (Phi) is 4.01. The fourth-order valence-electron chi connectivity index (χ4n) is 3.61. The highest BCUT2D eigenvalue weighted by Gasteiger charge is 2.40. The minimum atomic E-state index is -3.17. The number of piperidine rings is 3. The first kappa shape index (κ1) is 14.3. The van der Waals surface area contributed by atoms with E-state index in [4.69, 9.17) is 0 Å². The Bertz CT molecular complexity index is 473. The van der Waals surface area contributed by atoms with Gasteiger partial charge in [0.15, 0.2) is 0 Å². The summed E-state index contributed by atoms with van der Waals surface area (Å²) in [6, 6.07) is 0.177. The van der Waals surface area contributed by atoms with E-state index < -0.39 is 10.0 Å². The van der Waals surface area contributed by atoms with E-state index in [0.717, 1.165) is 25.9 Å². The quantitative estimate of drug-likeness (QED) is 0.732. The Morgan fingerprint density at radius 2 is 1.85 bits per heavy atom. The number of carbonyl (C=O) groups is 1. The van der Waals surface area contributed by atoms with E-state index in [1.807, 2.05) is 0 Å². The first-order valence-electron chi connectivity index (χ1n) is 7.56. The van der Waals surface area contributed by atoms with Crippen molar-refractivity contribution in [1.29, 1.82) is 0 Å². The maximum atomic E-state index is 12.7. The highest BCUT2D eigenvalue weighted by molar-refractivity contribution is 7.89. The molecule has 7 heteroatoms. The van der Waals surface area contributed by atoms with Gasteiger partial charge in [0.1, 0.15) is 0 Å². The highest BCUT2D eigenvalue weighted by atomic mass is 32.2. The second-order valence-corrected chi connectivity index (χ2v) is 8.33. The lowest BCUT2D eigenvalue weighted by atomic mass is 9.86. The molecule has 0 aromatic rings. The molecule has 20 heavy (non-hydrogen) atoms. The third-order valence-electron chi connectivity index (χ3n) is 4.85. The molecule has 114 valence electrons. The van der Waals surface area contributed by atoms with Gasteiger partial charge in [-0.05, 0) is 44.7 Å². The van der Waals surface area contributed by atoms with Gasteiger partial charge in [-0.1, -0.05) is 0 Å². The molecular weight excluding hydrogens is 278 g/mol. The standard InChI is InChI=1S/C13H23N3O3S/c17-13-2-1-10-9-16(8-5-12(10)15-13)20(18,19)11-3-6-14-7-4-11/h10-12,14H,1-9H2,(H,15,17). The van der Waals surface area contributed by atoms with E-state index in [1.54, 1.807) is 4.31 Å². The number of rotatable bonds is 2. The van der Waals surface area contributed by atoms with Crippen molar-refractivity contribution in [1.82, 2.24) is 14.9 Å². The second kappa shape index (κ2) is 5.61. The summed E-state index contributed by atoms with van der Waals surface area (Å²) >= 11 is 0. The summed E-state index contributed by atoms with van der Waals surface area (Å²) in [7, 11) is -3.17. The summed E-state index contributed by atoms with van der Waals surface area (Å²) < 4.78 is 27.1. The van der Waals surface area contributed by atoms with Gasteiger partial charge in [-0.15, -0.1) is 0 Å². The monoisotopic (exact) mass is 301 g/mol. The number of nitrogens with zero attached hydrogens (tertiary/aromatic N) is 1. The molecule has 3 rings (SSSR count). The van der Waals surface area contributed by atoms with Gasteiger partial charge >= 0.3 is 0 Å². The summed E-state index contributed by atoms with van der Waals surface area (Å²) in [5.74, 6) is 0.402. The number of hydrogen-bond acceptors (Lipinski definition) is 4. The molecule has 1 amide bonds. The van der Waals surface area contributed by atoms with Gasteiger partial charge in [0, 0.05) is 25.6 Å². The maximum absolute atomic E-state index is 12.7. The van der Waals surface area contributed by atoms with Crippen molar-refractivity contribution in [2.45, 2.75) is 43.4 Å². The zero-order chi connectivity index (χ0) is 14.2. The third-order valence-corrected chi connectivity index (χ3v) is 7.22. The SMILES string of the molecule is O=C1CCC2CN(S(=O)(=O)C3CCNCC3)CCC2N1. The van der Waals surface area contributed by atoms with Crippen LogP contribution in [0, 0.1) is 5.92 Å². The third kappa shape index (κ3) is 2.71. The molecule has 0 saturated carbocycles. The topological polar surface area (TPSA) is 78.5 Å². The summed E-state index contributed by atoms with van der Waals surface area (Å²) in [4.78, 5) is 11.4. The number of nitrogens with one attached hydrogen (secondary N) is 2. The van der Waals surface area contributed by atoms with E-state index in [0.29, 0.717) is 32.4 Å². The molecule has 3 saturated heterocycles. The number of amides is 1. The molecule has 0 aliphatic carbocycles. The van der Waals surface area contributed by atoms with Crippen LogP contribution >= 0.6 is 0 Å². The smallest absolute Gasteiger partial charge is 0.220 e. The van der Waals surface area contributed by atoms with E-state index >= 15 is 0 Å². The van der Waals surface area contributed by atoms with Gasteiger partial charge in [0.25, 0.3) is 0 Å². The van der Waals surface area contributed by atoms with E-state index in [9.17, 15) is 13.2 Å². The van der Waals surface area contributed by atoms with Gasteiger partial charge in [0.2, 0.25) is 15.9 Å². The van der Waals surface area contributed by atoms with Gasteiger partial charge < -0.3 is 10.6 Å². The van der Waals surface area contributed by atoms with Crippen LogP contribution in [-0.2, 0) is 14.8 Å². The Morgan fingerprint density at radius 3 is 2.60 bits per heavy atom. The summed E-state index contributed by atoms with van der Waals surface area (Å²) in [6.45, 7) is 2.71. The Hall–Kier alpha value is -0.660. The second-order valence-electron chi connectivity index (χ2n) is 6.11. The average Bonchev–Trinajstić information content (AvgIpc) is 2.47. The zero-order valence-electron chi connectivity index (χ0n) is 11.7. The van der Waals surface area contributed by atoms with Crippen molar-refractivity contribution in [2.75, 3.05) is 26.2 Å². The van der Waals surface area contributed by atoms with Crippen molar-refractivity contribution in [3.63, 3.8) is 0 Å². The van der Waals surface area contributed by atoms with Crippen LogP contribution < -0.4 is 10.6 Å².